The van der Waals surface area contributed by atoms with E-state index in [-0.39, 0.29) is 42.4 Å². The third-order valence-corrected chi connectivity index (χ3v) is 4.99. The van der Waals surface area contributed by atoms with Gasteiger partial charge in [-0.15, -0.1) is 0 Å². The summed E-state index contributed by atoms with van der Waals surface area (Å²) in [6.45, 7) is 3.64. The normalized spacial score (nSPS) is 16.9. The summed E-state index contributed by atoms with van der Waals surface area (Å²) in [6.07, 6.45) is -3.97. The Morgan fingerprint density at radius 1 is 1.26 bits per heavy atom. The number of anilines is 2. The quantitative estimate of drug-likeness (QED) is 0.641. The lowest BCUT2D eigenvalue weighted by Gasteiger charge is -2.23. The maximum Gasteiger partial charge on any atom is 0.421 e. The molecule has 0 aliphatic carbocycles. The first kappa shape index (κ1) is 22.8. The Morgan fingerprint density at radius 3 is 2.45 bits per heavy atom. The number of halogens is 5. The predicted octanol–water partition coefficient (Wildman–Crippen LogP) is 4.98. The monoisotopic (exact) mass is 443 g/mol. The Labute approximate surface area is 176 Å². The Morgan fingerprint density at radius 2 is 1.90 bits per heavy atom. The van der Waals surface area contributed by atoms with Crippen molar-refractivity contribution in [2.45, 2.75) is 32.4 Å². The molecule has 0 radical (unpaired) electrons. The van der Waals surface area contributed by atoms with Crippen molar-refractivity contribution in [3.63, 3.8) is 0 Å². The van der Waals surface area contributed by atoms with Crippen LogP contribution in [0.25, 0.3) is 0 Å². The van der Waals surface area contributed by atoms with Crippen molar-refractivity contribution in [3.05, 3.63) is 47.2 Å². The number of hydrogen-bond acceptors (Lipinski definition) is 4. The van der Waals surface area contributed by atoms with E-state index in [0.29, 0.717) is 0 Å². The second-order valence-corrected chi connectivity index (χ2v) is 7.74. The topological polar surface area (TPSA) is 54.5 Å². The van der Waals surface area contributed by atoms with Gasteiger partial charge in [-0.3, -0.25) is 9.69 Å². The first-order chi connectivity index (χ1) is 14.5. The van der Waals surface area contributed by atoms with Crippen LogP contribution in [0.2, 0.25) is 0 Å². The SMILES string of the molecule is COc1cc(F)c(C2CC(=O)N(c3nccc(NCC(C)C)c3C(F)(F)F)C2)c(F)c1. The maximum atomic E-state index is 14.5. The molecule has 1 amide bonds. The van der Waals surface area contributed by atoms with Gasteiger partial charge in [-0.25, -0.2) is 13.8 Å². The number of pyridine rings is 1. The van der Waals surface area contributed by atoms with Crippen LogP contribution < -0.4 is 15.0 Å². The van der Waals surface area contributed by atoms with E-state index in [1.165, 1.54) is 19.4 Å². The molecule has 1 atom stereocenters. The van der Waals surface area contributed by atoms with Crippen LogP contribution in [0.3, 0.4) is 0 Å². The van der Waals surface area contributed by atoms with Crippen molar-refractivity contribution in [2.24, 2.45) is 5.92 Å². The lowest BCUT2D eigenvalue weighted by molar-refractivity contribution is -0.136. The highest BCUT2D eigenvalue weighted by atomic mass is 19.4. The van der Waals surface area contributed by atoms with E-state index in [4.69, 9.17) is 4.74 Å². The minimum atomic E-state index is -4.79. The second-order valence-electron chi connectivity index (χ2n) is 7.74. The van der Waals surface area contributed by atoms with E-state index in [9.17, 15) is 26.7 Å². The van der Waals surface area contributed by atoms with Gasteiger partial charge in [-0.1, -0.05) is 13.8 Å². The van der Waals surface area contributed by atoms with Crippen LogP contribution >= 0.6 is 0 Å². The summed E-state index contributed by atoms with van der Waals surface area (Å²) >= 11 is 0. The van der Waals surface area contributed by atoms with Crippen LogP contribution in [0, 0.1) is 17.6 Å². The molecule has 1 saturated heterocycles. The van der Waals surface area contributed by atoms with E-state index in [1.807, 2.05) is 13.8 Å². The average molecular weight is 443 g/mol. The van der Waals surface area contributed by atoms with E-state index >= 15 is 0 Å². The highest BCUT2D eigenvalue weighted by Gasteiger charge is 2.43. The molecule has 1 aliphatic heterocycles. The Hall–Kier alpha value is -2.91. The van der Waals surface area contributed by atoms with Crippen molar-refractivity contribution in [2.75, 3.05) is 30.4 Å². The highest BCUT2D eigenvalue weighted by molar-refractivity contribution is 5.97. The number of carbonyl (C=O) groups excluding carboxylic acids is 1. The largest absolute Gasteiger partial charge is 0.497 e. The Kier molecular flexibility index (Phi) is 6.38. The van der Waals surface area contributed by atoms with Gasteiger partial charge in [0.15, 0.2) is 0 Å². The first-order valence-electron chi connectivity index (χ1n) is 9.66. The predicted molar refractivity (Wildman–Crippen MR) is 105 cm³/mol. The van der Waals surface area contributed by atoms with Gasteiger partial charge in [0.1, 0.15) is 28.8 Å². The van der Waals surface area contributed by atoms with Gasteiger partial charge >= 0.3 is 6.18 Å². The molecule has 5 nitrogen and oxygen atoms in total. The summed E-state index contributed by atoms with van der Waals surface area (Å²) in [7, 11) is 1.25. The van der Waals surface area contributed by atoms with Crippen LogP contribution in [0.4, 0.5) is 33.5 Å². The number of nitrogens with one attached hydrogen (secondary N) is 1. The lowest BCUT2D eigenvalue weighted by Crippen LogP contribution is -2.29. The summed E-state index contributed by atoms with van der Waals surface area (Å²) < 4.78 is 75.4. The molecule has 0 spiro atoms. The maximum absolute atomic E-state index is 14.5. The Balaban J connectivity index is 1.99. The van der Waals surface area contributed by atoms with E-state index in [1.54, 1.807) is 0 Å². The fourth-order valence-electron chi connectivity index (χ4n) is 3.57. The average Bonchev–Trinajstić information content (AvgIpc) is 3.05. The smallest absolute Gasteiger partial charge is 0.421 e. The van der Waals surface area contributed by atoms with Gasteiger partial charge in [0, 0.05) is 49.3 Å². The molecular weight excluding hydrogens is 421 g/mol. The number of alkyl halides is 3. The standard InChI is InChI=1S/C21H22F5N3O2/c1-11(2)9-28-16-4-5-27-20(19(16)21(24,25)26)29-10-12(6-17(29)30)18-14(22)7-13(31-3)8-15(18)23/h4-5,7-8,11-12H,6,9-10H2,1-3H3,(H,27,28). The molecule has 0 saturated carbocycles. The number of nitrogens with zero attached hydrogens (tertiary/aromatic N) is 2. The molecule has 0 bridgehead atoms. The van der Waals surface area contributed by atoms with Gasteiger partial charge in [-0.2, -0.15) is 13.2 Å². The van der Waals surface area contributed by atoms with Crippen LogP contribution in [0.15, 0.2) is 24.4 Å². The Bertz CT molecular complexity index is 955. The van der Waals surface area contributed by atoms with Gasteiger partial charge in [-0.05, 0) is 12.0 Å². The third-order valence-electron chi connectivity index (χ3n) is 4.99. The van der Waals surface area contributed by atoms with Crippen molar-refractivity contribution in [1.82, 2.24) is 4.98 Å². The van der Waals surface area contributed by atoms with Crippen LogP contribution in [0.5, 0.6) is 5.75 Å². The molecular formula is C21H22F5N3O2. The number of amides is 1. The zero-order chi connectivity index (χ0) is 22.9. The molecule has 3 rings (SSSR count). The zero-order valence-corrected chi connectivity index (χ0v) is 17.2. The van der Waals surface area contributed by atoms with E-state index < -0.39 is 41.0 Å². The fraction of sp³-hybridized carbons (Fsp3) is 0.429. The number of methoxy groups -OCH3 is 1. The lowest BCUT2D eigenvalue weighted by atomic mass is 9.97. The molecule has 1 N–H and O–H groups in total. The first-order valence-corrected chi connectivity index (χ1v) is 9.66. The number of aromatic nitrogens is 1. The molecule has 1 aliphatic rings. The second kappa shape index (κ2) is 8.68. The molecule has 1 aromatic carbocycles. The molecule has 1 unspecified atom stereocenters. The van der Waals surface area contributed by atoms with E-state index in [2.05, 4.69) is 10.3 Å². The summed E-state index contributed by atoms with van der Waals surface area (Å²) in [6, 6.07) is 3.14. The number of benzene rings is 1. The molecule has 168 valence electrons. The molecule has 31 heavy (non-hydrogen) atoms. The van der Waals surface area contributed by atoms with Gasteiger partial charge < -0.3 is 10.1 Å². The van der Waals surface area contributed by atoms with Crippen LogP contribution in [-0.2, 0) is 11.0 Å². The summed E-state index contributed by atoms with van der Waals surface area (Å²) in [5, 5.41) is 2.74. The number of carbonyl (C=O) groups is 1. The van der Waals surface area contributed by atoms with Crippen molar-refractivity contribution in [1.29, 1.82) is 0 Å². The third kappa shape index (κ3) is 4.72. The van der Waals surface area contributed by atoms with Crippen molar-refractivity contribution >= 4 is 17.4 Å². The molecule has 1 fully saturated rings. The number of ether oxygens (including phenoxy) is 1. The van der Waals surface area contributed by atoms with Gasteiger partial charge in [0.05, 0.1) is 12.8 Å². The van der Waals surface area contributed by atoms with Crippen LogP contribution in [-0.4, -0.2) is 31.1 Å². The van der Waals surface area contributed by atoms with Gasteiger partial charge in [0.2, 0.25) is 5.91 Å². The molecule has 10 heteroatoms. The minimum absolute atomic E-state index is 0.0371. The molecule has 2 heterocycles. The zero-order valence-electron chi connectivity index (χ0n) is 17.2. The summed E-state index contributed by atoms with van der Waals surface area (Å²) in [5.74, 6) is -4.04. The number of hydrogen-bond donors (Lipinski definition) is 1. The molecule has 1 aromatic heterocycles. The molecule has 2 aromatic rings. The van der Waals surface area contributed by atoms with E-state index in [0.717, 1.165) is 17.0 Å². The van der Waals surface area contributed by atoms with Crippen molar-refractivity contribution in [3.8, 4) is 5.75 Å². The minimum Gasteiger partial charge on any atom is -0.497 e. The number of rotatable bonds is 6. The van der Waals surface area contributed by atoms with Crippen molar-refractivity contribution < 1.29 is 31.5 Å². The highest BCUT2D eigenvalue weighted by Crippen LogP contribution is 2.43. The fourth-order valence-corrected chi connectivity index (χ4v) is 3.57. The van der Waals surface area contributed by atoms with Crippen LogP contribution in [0.1, 0.15) is 37.3 Å². The van der Waals surface area contributed by atoms with Gasteiger partial charge in [0.25, 0.3) is 0 Å². The summed E-state index contributed by atoms with van der Waals surface area (Å²) in [4.78, 5) is 17.2. The summed E-state index contributed by atoms with van der Waals surface area (Å²) in [5.41, 5.74) is -1.65.